The first-order chi connectivity index (χ1) is 10.2. The summed E-state index contributed by atoms with van der Waals surface area (Å²) in [7, 11) is 0. The van der Waals surface area contributed by atoms with Crippen molar-refractivity contribution >= 4 is 6.09 Å². The van der Waals surface area contributed by atoms with Crippen molar-refractivity contribution in [2.24, 2.45) is 5.92 Å². The smallest absolute Gasteiger partial charge is 0.407 e. The van der Waals surface area contributed by atoms with Crippen molar-refractivity contribution in [3.63, 3.8) is 0 Å². The number of nitrogens with one attached hydrogen (secondary N) is 2. The zero-order valence-corrected chi connectivity index (χ0v) is 15.1. The van der Waals surface area contributed by atoms with Crippen LogP contribution in [0.5, 0.6) is 0 Å². The highest BCUT2D eigenvalue weighted by Gasteiger charge is 2.25. The van der Waals surface area contributed by atoms with Crippen molar-refractivity contribution in [2.45, 2.75) is 84.6 Å². The van der Waals surface area contributed by atoms with Gasteiger partial charge in [0.1, 0.15) is 5.60 Å². The molecule has 0 aliphatic carbocycles. The second kappa shape index (κ2) is 8.73. The molecule has 5 nitrogen and oxygen atoms in total. The lowest BCUT2D eigenvalue weighted by Crippen LogP contribution is -2.51. The van der Waals surface area contributed by atoms with Gasteiger partial charge in [-0.05, 0) is 46.0 Å². The maximum absolute atomic E-state index is 11.8. The molecule has 2 N–H and O–H groups in total. The van der Waals surface area contributed by atoms with Crippen molar-refractivity contribution < 1.29 is 14.3 Å². The molecular formula is C17H34N2O3. The minimum Gasteiger partial charge on any atom is -0.444 e. The van der Waals surface area contributed by atoms with Gasteiger partial charge in [0.15, 0.2) is 0 Å². The Bertz CT molecular complexity index is 339. The van der Waals surface area contributed by atoms with Gasteiger partial charge in [-0.25, -0.2) is 4.79 Å². The highest BCUT2D eigenvalue weighted by atomic mass is 16.6. The molecule has 1 heterocycles. The number of hydrogen-bond donors (Lipinski definition) is 2. The third kappa shape index (κ3) is 7.45. The highest BCUT2D eigenvalue weighted by Crippen LogP contribution is 2.18. The Morgan fingerprint density at radius 2 is 2.05 bits per heavy atom. The predicted molar refractivity (Wildman–Crippen MR) is 89.1 cm³/mol. The summed E-state index contributed by atoms with van der Waals surface area (Å²) >= 11 is 0. The molecule has 0 aromatic carbocycles. The van der Waals surface area contributed by atoms with Crippen LogP contribution in [0.3, 0.4) is 0 Å². The number of hydrogen-bond acceptors (Lipinski definition) is 4. The molecule has 0 saturated carbocycles. The Morgan fingerprint density at radius 3 is 2.59 bits per heavy atom. The molecule has 0 bridgehead atoms. The van der Waals surface area contributed by atoms with Crippen LogP contribution in [0.15, 0.2) is 0 Å². The van der Waals surface area contributed by atoms with Crippen LogP contribution in [-0.4, -0.2) is 43.0 Å². The molecule has 1 saturated heterocycles. The fourth-order valence-corrected chi connectivity index (χ4v) is 2.61. The van der Waals surface area contributed by atoms with Gasteiger partial charge in [-0.15, -0.1) is 0 Å². The van der Waals surface area contributed by atoms with Gasteiger partial charge in [0, 0.05) is 25.2 Å². The van der Waals surface area contributed by atoms with E-state index in [1.165, 1.54) is 0 Å². The fraction of sp³-hybridized carbons (Fsp3) is 0.941. The Morgan fingerprint density at radius 1 is 1.36 bits per heavy atom. The number of carbonyl (C=O) groups is 1. The quantitative estimate of drug-likeness (QED) is 0.791. The molecule has 0 spiro atoms. The van der Waals surface area contributed by atoms with Crippen LogP contribution in [0.4, 0.5) is 4.79 Å². The standard InChI is InChI=1S/C17H34N2O3/c1-7-14-10-13(8-9-21-14)19-15(12(2)3)11-18-16(20)22-17(4,5)6/h12-15,19H,7-11H2,1-6H3,(H,18,20). The first-order valence-electron chi connectivity index (χ1n) is 8.55. The normalized spacial score (nSPS) is 24.1. The molecule has 0 aromatic rings. The molecule has 1 fully saturated rings. The highest BCUT2D eigenvalue weighted by molar-refractivity contribution is 5.67. The third-order valence-electron chi connectivity index (χ3n) is 3.94. The van der Waals surface area contributed by atoms with Crippen molar-refractivity contribution in [2.75, 3.05) is 13.2 Å². The molecule has 3 unspecified atom stereocenters. The van der Waals surface area contributed by atoms with E-state index in [0.29, 0.717) is 24.6 Å². The minimum atomic E-state index is -0.458. The molecule has 3 atom stereocenters. The van der Waals surface area contributed by atoms with Gasteiger partial charge >= 0.3 is 6.09 Å². The van der Waals surface area contributed by atoms with Crippen molar-refractivity contribution in [3.05, 3.63) is 0 Å². The number of carbonyl (C=O) groups excluding carboxylic acids is 1. The lowest BCUT2D eigenvalue weighted by molar-refractivity contribution is -0.00314. The molecule has 0 aromatic heterocycles. The maximum atomic E-state index is 11.8. The van der Waals surface area contributed by atoms with Gasteiger partial charge in [-0.3, -0.25) is 0 Å². The zero-order chi connectivity index (χ0) is 16.8. The molecule has 130 valence electrons. The molecule has 1 rings (SSSR count). The van der Waals surface area contributed by atoms with Gasteiger partial charge in [-0.1, -0.05) is 20.8 Å². The topological polar surface area (TPSA) is 59.6 Å². The Kier molecular flexibility index (Phi) is 7.63. The van der Waals surface area contributed by atoms with E-state index in [-0.39, 0.29) is 12.1 Å². The first kappa shape index (κ1) is 19.2. The third-order valence-corrected chi connectivity index (χ3v) is 3.94. The molecule has 0 radical (unpaired) electrons. The van der Waals surface area contributed by atoms with Gasteiger partial charge < -0.3 is 20.1 Å². The summed E-state index contributed by atoms with van der Waals surface area (Å²) in [5.74, 6) is 0.442. The van der Waals surface area contributed by atoms with E-state index in [1.807, 2.05) is 20.8 Å². The van der Waals surface area contributed by atoms with E-state index in [0.717, 1.165) is 25.9 Å². The Labute approximate surface area is 135 Å². The Balaban J connectivity index is 2.43. The van der Waals surface area contributed by atoms with Gasteiger partial charge in [0.2, 0.25) is 0 Å². The maximum Gasteiger partial charge on any atom is 0.407 e. The van der Waals surface area contributed by atoms with Gasteiger partial charge in [0.25, 0.3) is 0 Å². The van der Waals surface area contributed by atoms with Crippen LogP contribution < -0.4 is 10.6 Å². The average molecular weight is 314 g/mol. The molecule has 1 aliphatic heterocycles. The summed E-state index contributed by atoms with van der Waals surface area (Å²) in [5.41, 5.74) is -0.458. The van der Waals surface area contributed by atoms with Crippen molar-refractivity contribution in [1.82, 2.24) is 10.6 Å². The van der Waals surface area contributed by atoms with Crippen LogP contribution in [0.25, 0.3) is 0 Å². The predicted octanol–water partition coefficient (Wildman–Crippen LogP) is 3.08. The molecule has 22 heavy (non-hydrogen) atoms. The number of ether oxygens (including phenoxy) is 2. The summed E-state index contributed by atoms with van der Waals surface area (Å²) < 4.78 is 11.0. The van der Waals surface area contributed by atoms with E-state index in [2.05, 4.69) is 31.4 Å². The molecule has 1 aliphatic rings. The monoisotopic (exact) mass is 314 g/mol. The first-order valence-corrected chi connectivity index (χ1v) is 8.55. The van der Waals surface area contributed by atoms with Crippen LogP contribution in [-0.2, 0) is 9.47 Å². The van der Waals surface area contributed by atoms with E-state index in [1.54, 1.807) is 0 Å². The zero-order valence-electron chi connectivity index (χ0n) is 15.1. The van der Waals surface area contributed by atoms with Crippen molar-refractivity contribution in [3.8, 4) is 0 Å². The Hall–Kier alpha value is -0.810. The minimum absolute atomic E-state index is 0.244. The van der Waals surface area contributed by atoms with Crippen LogP contribution in [0.2, 0.25) is 0 Å². The van der Waals surface area contributed by atoms with Crippen LogP contribution >= 0.6 is 0 Å². The largest absolute Gasteiger partial charge is 0.444 e. The summed E-state index contributed by atoms with van der Waals surface area (Å²) in [6.45, 7) is 13.5. The second-order valence-electron chi connectivity index (χ2n) is 7.52. The van der Waals surface area contributed by atoms with Gasteiger partial charge in [-0.2, -0.15) is 0 Å². The summed E-state index contributed by atoms with van der Waals surface area (Å²) in [6, 6.07) is 0.708. The number of amides is 1. The fourth-order valence-electron chi connectivity index (χ4n) is 2.61. The van der Waals surface area contributed by atoms with E-state index in [4.69, 9.17) is 9.47 Å². The second-order valence-corrected chi connectivity index (χ2v) is 7.52. The van der Waals surface area contributed by atoms with E-state index >= 15 is 0 Å². The average Bonchev–Trinajstić information content (AvgIpc) is 2.41. The van der Waals surface area contributed by atoms with Gasteiger partial charge in [0.05, 0.1) is 6.10 Å². The van der Waals surface area contributed by atoms with Crippen LogP contribution in [0.1, 0.15) is 60.8 Å². The summed E-state index contributed by atoms with van der Waals surface area (Å²) in [4.78, 5) is 11.8. The van der Waals surface area contributed by atoms with Crippen LogP contribution in [0, 0.1) is 5.92 Å². The lowest BCUT2D eigenvalue weighted by atomic mass is 9.97. The lowest BCUT2D eigenvalue weighted by Gasteiger charge is -2.34. The van der Waals surface area contributed by atoms with Crippen molar-refractivity contribution in [1.29, 1.82) is 0 Å². The van der Waals surface area contributed by atoms with E-state index < -0.39 is 5.60 Å². The number of alkyl carbamates (subject to hydrolysis) is 1. The SMILES string of the molecule is CCC1CC(NC(CNC(=O)OC(C)(C)C)C(C)C)CCO1. The number of rotatable bonds is 6. The molecular weight excluding hydrogens is 280 g/mol. The summed E-state index contributed by atoms with van der Waals surface area (Å²) in [5, 5.41) is 6.57. The molecule has 5 heteroatoms. The molecule has 1 amide bonds. The summed E-state index contributed by atoms with van der Waals surface area (Å²) in [6.07, 6.45) is 3.15. The van der Waals surface area contributed by atoms with E-state index in [9.17, 15) is 4.79 Å².